The molecule has 70 valence electrons. The second-order valence-electron chi connectivity index (χ2n) is 3.45. The van der Waals surface area contributed by atoms with E-state index in [9.17, 15) is 0 Å². The summed E-state index contributed by atoms with van der Waals surface area (Å²) in [5, 5.41) is 8.98. The smallest absolute Gasteiger partial charge is 0.0681 e. The predicted octanol–water partition coefficient (Wildman–Crippen LogP) is 1.56. The van der Waals surface area contributed by atoms with Crippen molar-refractivity contribution < 1.29 is 5.11 Å². The van der Waals surface area contributed by atoms with E-state index >= 15 is 0 Å². The van der Waals surface area contributed by atoms with Crippen molar-refractivity contribution >= 4 is 5.69 Å². The largest absolute Gasteiger partial charge is 0.392 e. The van der Waals surface area contributed by atoms with Gasteiger partial charge in [0.15, 0.2) is 0 Å². The second-order valence-corrected chi connectivity index (χ2v) is 3.45. The molecular formula is C11H15NO. The average molecular weight is 177 g/mol. The molecule has 1 N–H and O–H groups in total. The highest BCUT2D eigenvalue weighted by Crippen LogP contribution is 2.28. The Bertz CT molecular complexity index is 309. The Balaban J connectivity index is 2.34. The minimum absolute atomic E-state index is 0.152. The van der Waals surface area contributed by atoms with Crippen molar-refractivity contribution in [3.63, 3.8) is 0 Å². The molecule has 2 nitrogen and oxygen atoms in total. The Morgan fingerprint density at radius 2 is 2.31 bits per heavy atom. The van der Waals surface area contributed by atoms with Crippen LogP contribution in [0, 0.1) is 0 Å². The Kier molecular flexibility index (Phi) is 2.23. The number of likely N-dealkylation sites (N-methyl/N-ethyl adjacent to an activating group) is 1. The lowest BCUT2D eigenvalue weighted by Gasteiger charge is -2.16. The minimum Gasteiger partial charge on any atom is -0.392 e. The Morgan fingerprint density at radius 3 is 3.00 bits per heavy atom. The lowest BCUT2D eigenvalue weighted by atomic mass is 10.1. The van der Waals surface area contributed by atoms with Crippen molar-refractivity contribution in [1.82, 2.24) is 0 Å². The van der Waals surface area contributed by atoms with Gasteiger partial charge in [0.1, 0.15) is 0 Å². The van der Waals surface area contributed by atoms with Gasteiger partial charge >= 0.3 is 0 Å². The van der Waals surface area contributed by atoms with Crippen LogP contribution in [-0.4, -0.2) is 18.2 Å². The standard InChI is InChI=1S/C11H15NO/c1-2-12-6-5-10-7-9(8-13)3-4-11(10)12/h3-4,7,13H,2,5-6,8H2,1H3. The maximum atomic E-state index is 8.98. The molecule has 0 aromatic heterocycles. The highest BCUT2D eigenvalue weighted by molar-refractivity contribution is 5.58. The number of anilines is 1. The van der Waals surface area contributed by atoms with Crippen LogP contribution in [0.3, 0.4) is 0 Å². The molecule has 1 aliphatic heterocycles. The fourth-order valence-electron chi connectivity index (χ4n) is 1.95. The highest BCUT2D eigenvalue weighted by Gasteiger charge is 2.16. The molecule has 0 amide bonds. The van der Waals surface area contributed by atoms with Gasteiger partial charge in [0.25, 0.3) is 0 Å². The van der Waals surface area contributed by atoms with Gasteiger partial charge in [-0.3, -0.25) is 0 Å². The average Bonchev–Trinajstić information content (AvgIpc) is 2.59. The van der Waals surface area contributed by atoms with E-state index in [-0.39, 0.29) is 6.61 Å². The maximum absolute atomic E-state index is 8.98. The number of hydrogen-bond donors (Lipinski definition) is 1. The van der Waals surface area contributed by atoms with E-state index in [1.54, 1.807) is 0 Å². The van der Waals surface area contributed by atoms with Gasteiger partial charge in [-0.25, -0.2) is 0 Å². The van der Waals surface area contributed by atoms with Gasteiger partial charge in [0, 0.05) is 18.8 Å². The fraction of sp³-hybridized carbons (Fsp3) is 0.455. The van der Waals surface area contributed by atoms with Gasteiger partial charge in [-0.1, -0.05) is 12.1 Å². The first-order valence-corrected chi connectivity index (χ1v) is 4.82. The molecule has 0 bridgehead atoms. The molecule has 0 fully saturated rings. The maximum Gasteiger partial charge on any atom is 0.0681 e. The van der Waals surface area contributed by atoms with E-state index in [0.717, 1.165) is 25.1 Å². The van der Waals surface area contributed by atoms with Crippen molar-refractivity contribution in [2.24, 2.45) is 0 Å². The molecule has 1 heterocycles. The van der Waals surface area contributed by atoms with Gasteiger partial charge < -0.3 is 10.0 Å². The molecule has 0 unspecified atom stereocenters. The van der Waals surface area contributed by atoms with Crippen LogP contribution in [0.2, 0.25) is 0 Å². The lowest BCUT2D eigenvalue weighted by molar-refractivity contribution is 0.282. The van der Waals surface area contributed by atoms with Crippen LogP contribution in [0.4, 0.5) is 5.69 Å². The number of rotatable bonds is 2. The zero-order valence-corrected chi connectivity index (χ0v) is 7.95. The van der Waals surface area contributed by atoms with E-state index in [4.69, 9.17) is 5.11 Å². The van der Waals surface area contributed by atoms with Gasteiger partial charge in [0.2, 0.25) is 0 Å². The molecule has 0 spiro atoms. The quantitative estimate of drug-likeness (QED) is 0.741. The molecule has 1 aromatic carbocycles. The summed E-state index contributed by atoms with van der Waals surface area (Å²) in [5.74, 6) is 0. The van der Waals surface area contributed by atoms with E-state index in [0.29, 0.717) is 0 Å². The van der Waals surface area contributed by atoms with Crippen molar-refractivity contribution in [2.45, 2.75) is 20.0 Å². The zero-order chi connectivity index (χ0) is 9.26. The monoisotopic (exact) mass is 177 g/mol. The van der Waals surface area contributed by atoms with Crippen LogP contribution < -0.4 is 4.90 Å². The summed E-state index contributed by atoms with van der Waals surface area (Å²) < 4.78 is 0. The minimum atomic E-state index is 0.152. The molecule has 0 atom stereocenters. The Morgan fingerprint density at radius 1 is 1.46 bits per heavy atom. The molecule has 0 radical (unpaired) electrons. The SMILES string of the molecule is CCN1CCc2cc(CO)ccc21. The molecule has 13 heavy (non-hydrogen) atoms. The number of hydrogen-bond acceptors (Lipinski definition) is 2. The zero-order valence-electron chi connectivity index (χ0n) is 7.95. The molecule has 1 aromatic rings. The molecule has 2 rings (SSSR count). The van der Waals surface area contributed by atoms with E-state index in [1.165, 1.54) is 11.3 Å². The van der Waals surface area contributed by atoms with Crippen LogP contribution in [0.25, 0.3) is 0 Å². The third-order valence-corrected chi connectivity index (χ3v) is 2.70. The Hall–Kier alpha value is -1.02. The summed E-state index contributed by atoms with van der Waals surface area (Å²) in [6.45, 7) is 4.53. The highest BCUT2D eigenvalue weighted by atomic mass is 16.3. The van der Waals surface area contributed by atoms with Gasteiger partial charge in [0.05, 0.1) is 6.61 Å². The van der Waals surface area contributed by atoms with E-state index in [1.807, 2.05) is 6.07 Å². The first-order valence-electron chi connectivity index (χ1n) is 4.82. The summed E-state index contributed by atoms with van der Waals surface area (Å²) in [7, 11) is 0. The predicted molar refractivity (Wildman–Crippen MR) is 54.0 cm³/mol. The van der Waals surface area contributed by atoms with Crippen LogP contribution in [0.15, 0.2) is 18.2 Å². The molecule has 0 saturated heterocycles. The normalized spacial score (nSPS) is 14.8. The number of nitrogens with zero attached hydrogens (tertiary/aromatic N) is 1. The fourth-order valence-corrected chi connectivity index (χ4v) is 1.95. The van der Waals surface area contributed by atoms with Crippen LogP contribution >= 0.6 is 0 Å². The second kappa shape index (κ2) is 3.38. The first kappa shape index (κ1) is 8.57. The summed E-state index contributed by atoms with van der Waals surface area (Å²) >= 11 is 0. The molecule has 0 saturated carbocycles. The summed E-state index contributed by atoms with van der Waals surface area (Å²) in [6, 6.07) is 6.25. The third kappa shape index (κ3) is 1.42. The summed E-state index contributed by atoms with van der Waals surface area (Å²) in [6.07, 6.45) is 1.12. The molecular weight excluding hydrogens is 162 g/mol. The van der Waals surface area contributed by atoms with Crippen LogP contribution in [0.1, 0.15) is 18.1 Å². The van der Waals surface area contributed by atoms with Crippen molar-refractivity contribution in [2.75, 3.05) is 18.0 Å². The Labute approximate surface area is 78.8 Å². The topological polar surface area (TPSA) is 23.5 Å². The molecule has 0 aliphatic carbocycles. The number of benzene rings is 1. The molecule has 1 aliphatic rings. The van der Waals surface area contributed by atoms with E-state index in [2.05, 4.69) is 24.0 Å². The van der Waals surface area contributed by atoms with E-state index < -0.39 is 0 Å². The molecule has 2 heteroatoms. The first-order chi connectivity index (χ1) is 6.35. The summed E-state index contributed by atoms with van der Waals surface area (Å²) in [5.41, 5.74) is 3.75. The summed E-state index contributed by atoms with van der Waals surface area (Å²) in [4.78, 5) is 2.37. The lowest BCUT2D eigenvalue weighted by Crippen LogP contribution is -2.18. The van der Waals surface area contributed by atoms with Crippen molar-refractivity contribution in [1.29, 1.82) is 0 Å². The van der Waals surface area contributed by atoms with Crippen LogP contribution in [-0.2, 0) is 13.0 Å². The van der Waals surface area contributed by atoms with Gasteiger partial charge in [-0.15, -0.1) is 0 Å². The van der Waals surface area contributed by atoms with Crippen LogP contribution in [0.5, 0.6) is 0 Å². The van der Waals surface area contributed by atoms with Gasteiger partial charge in [-0.2, -0.15) is 0 Å². The van der Waals surface area contributed by atoms with Gasteiger partial charge in [-0.05, 0) is 30.5 Å². The van der Waals surface area contributed by atoms with Crippen molar-refractivity contribution in [3.8, 4) is 0 Å². The number of fused-ring (bicyclic) bond motifs is 1. The number of aliphatic hydroxyl groups is 1. The third-order valence-electron chi connectivity index (χ3n) is 2.70. The number of aliphatic hydroxyl groups excluding tert-OH is 1. The van der Waals surface area contributed by atoms with Crippen molar-refractivity contribution in [3.05, 3.63) is 29.3 Å².